The van der Waals surface area contributed by atoms with Gasteiger partial charge < -0.3 is 19.4 Å². The molecule has 0 unspecified atom stereocenters. The molecule has 0 N–H and O–H groups in total. The van der Waals surface area contributed by atoms with Crippen LogP contribution in [0, 0.1) is 5.92 Å². The van der Waals surface area contributed by atoms with Gasteiger partial charge in [-0.15, -0.1) is 0 Å². The first-order valence-electron chi connectivity index (χ1n) is 10.8. The average molecular weight is 486 g/mol. The third-order valence-electron chi connectivity index (χ3n) is 6.24. The maximum absolute atomic E-state index is 13.1. The fraction of sp³-hybridized carbons (Fsp3) is 0.417. The minimum Gasteiger partial charge on any atom is -0.495 e. The molecular weight excluding hydrogens is 458 g/mol. The molecule has 164 valence electrons. The summed E-state index contributed by atoms with van der Waals surface area (Å²) in [7, 11) is 1.69. The molecule has 2 amide bonds. The molecule has 7 heteroatoms. The Morgan fingerprint density at radius 2 is 1.52 bits per heavy atom. The van der Waals surface area contributed by atoms with E-state index in [-0.39, 0.29) is 17.7 Å². The second-order valence-corrected chi connectivity index (χ2v) is 8.97. The molecule has 4 rings (SSSR count). The molecule has 6 nitrogen and oxygen atoms in total. The minimum atomic E-state index is 0.00628. The van der Waals surface area contributed by atoms with E-state index in [1.807, 2.05) is 52.3 Å². The van der Waals surface area contributed by atoms with Crippen LogP contribution in [0.3, 0.4) is 0 Å². The summed E-state index contributed by atoms with van der Waals surface area (Å²) in [6.07, 6.45) is 1.46. The lowest BCUT2D eigenvalue weighted by molar-refractivity contribution is -0.137. The first-order valence-corrected chi connectivity index (χ1v) is 11.6. The number of hydrogen-bond donors (Lipinski definition) is 0. The van der Waals surface area contributed by atoms with Crippen molar-refractivity contribution in [1.29, 1.82) is 0 Å². The zero-order valence-corrected chi connectivity index (χ0v) is 19.4. The van der Waals surface area contributed by atoms with Crippen molar-refractivity contribution in [2.24, 2.45) is 5.92 Å². The third-order valence-corrected chi connectivity index (χ3v) is 6.77. The number of benzene rings is 2. The van der Waals surface area contributed by atoms with Gasteiger partial charge in [-0.05, 0) is 49.2 Å². The number of carbonyl (C=O) groups excluding carboxylic acids is 2. The molecule has 0 aliphatic carbocycles. The Hall–Kier alpha value is -2.54. The van der Waals surface area contributed by atoms with Crippen LogP contribution in [-0.4, -0.2) is 68.0 Å². The summed E-state index contributed by atoms with van der Waals surface area (Å²) < 4.78 is 6.44. The van der Waals surface area contributed by atoms with Crippen LogP contribution in [-0.2, 0) is 4.79 Å². The summed E-state index contributed by atoms with van der Waals surface area (Å²) >= 11 is 3.40. The second kappa shape index (κ2) is 9.73. The Balaban J connectivity index is 1.28. The van der Waals surface area contributed by atoms with E-state index in [9.17, 15) is 9.59 Å². The largest absolute Gasteiger partial charge is 0.495 e. The highest BCUT2D eigenvalue weighted by Crippen LogP contribution is 2.29. The van der Waals surface area contributed by atoms with Gasteiger partial charge in [0.2, 0.25) is 5.91 Å². The van der Waals surface area contributed by atoms with E-state index in [4.69, 9.17) is 4.74 Å². The van der Waals surface area contributed by atoms with Crippen LogP contribution in [0.4, 0.5) is 5.69 Å². The highest BCUT2D eigenvalue weighted by molar-refractivity contribution is 9.10. The predicted octanol–water partition coefficient (Wildman–Crippen LogP) is 3.66. The SMILES string of the molecule is COc1ccccc1N1CCN(C(=O)C2CCN(C(=O)c3ccc(Br)cc3)CC2)CC1. The summed E-state index contributed by atoms with van der Waals surface area (Å²) in [5.41, 5.74) is 1.78. The van der Waals surface area contributed by atoms with Crippen molar-refractivity contribution in [1.82, 2.24) is 9.80 Å². The number of rotatable bonds is 4. The number of ether oxygens (including phenoxy) is 1. The summed E-state index contributed by atoms with van der Waals surface area (Å²) in [4.78, 5) is 31.9. The molecule has 2 heterocycles. The van der Waals surface area contributed by atoms with E-state index >= 15 is 0 Å². The molecule has 2 fully saturated rings. The molecule has 31 heavy (non-hydrogen) atoms. The Bertz CT molecular complexity index is 918. The molecule has 0 saturated carbocycles. The van der Waals surface area contributed by atoms with Gasteiger partial charge in [0.25, 0.3) is 5.91 Å². The Morgan fingerprint density at radius 1 is 0.871 bits per heavy atom. The molecule has 0 bridgehead atoms. The summed E-state index contributed by atoms with van der Waals surface area (Å²) in [6.45, 7) is 4.29. The van der Waals surface area contributed by atoms with E-state index in [1.165, 1.54) is 0 Å². The topological polar surface area (TPSA) is 53.1 Å². The molecule has 2 aromatic rings. The summed E-state index contributed by atoms with van der Waals surface area (Å²) in [5, 5.41) is 0. The molecule has 0 aromatic heterocycles. The van der Waals surface area contributed by atoms with Gasteiger partial charge in [-0.2, -0.15) is 0 Å². The summed E-state index contributed by atoms with van der Waals surface area (Å²) in [5.74, 6) is 1.15. The fourth-order valence-electron chi connectivity index (χ4n) is 4.42. The van der Waals surface area contributed by atoms with Crippen molar-refractivity contribution in [3.8, 4) is 5.75 Å². The number of carbonyl (C=O) groups is 2. The standard InChI is InChI=1S/C24H28BrN3O3/c1-31-22-5-3-2-4-21(22)26-14-16-28(17-15-26)24(30)19-10-12-27(13-11-19)23(29)18-6-8-20(25)9-7-18/h2-9,19H,10-17H2,1H3. The van der Waals surface area contributed by atoms with Crippen LogP contribution in [0.1, 0.15) is 23.2 Å². The van der Waals surface area contributed by atoms with Gasteiger partial charge >= 0.3 is 0 Å². The Labute approximate surface area is 191 Å². The number of anilines is 1. The van der Waals surface area contributed by atoms with Crippen molar-refractivity contribution >= 4 is 33.4 Å². The third kappa shape index (κ3) is 4.87. The van der Waals surface area contributed by atoms with E-state index in [1.54, 1.807) is 7.11 Å². The maximum Gasteiger partial charge on any atom is 0.253 e. The Kier molecular flexibility index (Phi) is 6.80. The fourth-order valence-corrected chi connectivity index (χ4v) is 4.69. The van der Waals surface area contributed by atoms with Crippen molar-refractivity contribution < 1.29 is 14.3 Å². The van der Waals surface area contributed by atoms with E-state index in [2.05, 4.69) is 26.9 Å². The molecule has 2 aliphatic rings. The van der Waals surface area contributed by atoms with E-state index in [0.717, 1.165) is 54.9 Å². The smallest absolute Gasteiger partial charge is 0.253 e. The number of piperidine rings is 1. The molecular formula is C24H28BrN3O3. The van der Waals surface area contributed by atoms with Crippen LogP contribution in [0.25, 0.3) is 0 Å². The van der Waals surface area contributed by atoms with Crippen LogP contribution < -0.4 is 9.64 Å². The van der Waals surface area contributed by atoms with Gasteiger partial charge in [-0.1, -0.05) is 28.1 Å². The molecule has 0 atom stereocenters. The van der Waals surface area contributed by atoms with Gasteiger partial charge in [0.1, 0.15) is 5.75 Å². The highest BCUT2D eigenvalue weighted by Gasteiger charge is 2.32. The van der Waals surface area contributed by atoms with Gasteiger partial charge in [-0.25, -0.2) is 0 Å². The lowest BCUT2D eigenvalue weighted by Crippen LogP contribution is -2.52. The number of nitrogens with zero attached hydrogens (tertiary/aromatic N) is 3. The monoisotopic (exact) mass is 485 g/mol. The minimum absolute atomic E-state index is 0.00628. The molecule has 2 aliphatic heterocycles. The van der Waals surface area contributed by atoms with Crippen molar-refractivity contribution in [2.75, 3.05) is 51.3 Å². The first-order chi connectivity index (χ1) is 15.1. The second-order valence-electron chi connectivity index (χ2n) is 8.06. The van der Waals surface area contributed by atoms with Crippen molar-refractivity contribution in [3.05, 3.63) is 58.6 Å². The lowest BCUT2D eigenvalue weighted by Gasteiger charge is -2.39. The van der Waals surface area contributed by atoms with Gasteiger partial charge in [0, 0.05) is 55.2 Å². The Morgan fingerprint density at radius 3 is 2.16 bits per heavy atom. The first kappa shape index (κ1) is 21.7. The van der Waals surface area contributed by atoms with Crippen LogP contribution in [0.5, 0.6) is 5.75 Å². The normalized spacial score (nSPS) is 17.5. The average Bonchev–Trinajstić information content (AvgIpc) is 2.84. The quantitative estimate of drug-likeness (QED) is 0.662. The number of piperazine rings is 1. The number of para-hydroxylation sites is 2. The maximum atomic E-state index is 13.1. The number of halogens is 1. The molecule has 2 saturated heterocycles. The van der Waals surface area contributed by atoms with Crippen LogP contribution >= 0.6 is 15.9 Å². The van der Waals surface area contributed by atoms with Gasteiger partial charge in [0.15, 0.2) is 0 Å². The number of methoxy groups -OCH3 is 1. The van der Waals surface area contributed by atoms with E-state index < -0.39 is 0 Å². The number of likely N-dealkylation sites (tertiary alicyclic amines) is 1. The van der Waals surface area contributed by atoms with Gasteiger partial charge in [0.05, 0.1) is 12.8 Å². The lowest BCUT2D eigenvalue weighted by atomic mass is 9.94. The van der Waals surface area contributed by atoms with Crippen LogP contribution in [0.15, 0.2) is 53.0 Å². The van der Waals surface area contributed by atoms with E-state index in [0.29, 0.717) is 18.7 Å². The molecule has 0 spiro atoms. The predicted molar refractivity (Wildman–Crippen MR) is 125 cm³/mol. The van der Waals surface area contributed by atoms with Gasteiger partial charge in [-0.3, -0.25) is 9.59 Å². The van der Waals surface area contributed by atoms with Crippen LogP contribution in [0.2, 0.25) is 0 Å². The molecule has 0 radical (unpaired) electrons. The highest BCUT2D eigenvalue weighted by atomic mass is 79.9. The number of hydrogen-bond acceptors (Lipinski definition) is 4. The molecule has 2 aromatic carbocycles. The van der Waals surface area contributed by atoms with Crippen molar-refractivity contribution in [2.45, 2.75) is 12.8 Å². The zero-order valence-electron chi connectivity index (χ0n) is 17.8. The summed E-state index contributed by atoms with van der Waals surface area (Å²) in [6, 6.07) is 15.5. The van der Waals surface area contributed by atoms with Crippen molar-refractivity contribution in [3.63, 3.8) is 0 Å². The zero-order chi connectivity index (χ0) is 21.8. The number of amides is 2.